The summed E-state index contributed by atoms with van der Waals surface area (Å²) < 4.78 is 38.4. The largest absolute Gasteiger partial charge is 0.433 e. The number of alkyl halides is 3. The maximum atomic E-state index is 12.8. The third kappa shape index (κ3) is 3.72. The first kappa shape index (κ1) is 18.4. The van der Waals surface area contributed by atoms with E-state index in [1.54, 1.807) is 24.4 Å². The summed E-state index contributed by atoms with van der Waals surface area (Å²) in [6.07, 6.45) is -1.47. The zero-order valence-electron chi connectivity index (χ0n) is 14.7. The van der Waals surface area contributed by atoms with Crippen LogP contribution in [-0.2, 0) is 6.18 Å². The van der Waals surface area contributed by atoms with Crippen molar-refractivity contribution in [3.8, 4) is 11.1 Å². The van der Waals surface area contributed by atoms with Gasteiger partial charge in [-0.1, -0.05) is 12.1 Å². The highest BCUT2D eigenvalue weighted by molar-refractivity contribution is 6.11. The molecule has 0 unspecified atom stereocenters. The molecule has 3 aromatic heterocycles. The lowest BCUT2D eigenvalue weighted by atomic mass is 10.0. The predicted octanol–water partition coefficient (Wildman–Crippen LogP) is 3.87. The Balaban J connectivity index is 1.67. The number of carbonyl (C=O) groups is 1. The SMILES string of the molecule is Nc1cncc(-c2ccc3[nH]nc(C(=O)Nc4cccc(C(F)(F)F)n4)c3c2)c1. The van der Waals surface area contributed by atoms with Crippen LogP contribution < -0.4 is 11.1 Å². The van der Waals surface area contributed by atoms with Crippen LogP contribution in [0.15, 0.2) is 54.9 Å². The number of nitrogen functional groups attached to an aromatic ring is 1. The van der Waals surface area contributed by atoms with Gasteiger partial charge in [0.1, 0.15) is 11.5 Å². The number of hydrogen-bond donors (Lipinski definition) is 3. The Morgan fingerprint density at radius 1 is 1.07 bits per heavy atom. The molecular formula is C19H13F3N6O. The molecule has 29 heavy (non-hydrogen) atoms. The van der Waals surface area contributed by atoms with Crippen LogP contribution in [0.5, 0.6) is 0 Å². The van der Waals surface area contributed by atoms with E-state index in [1.165, 1.54) is 18.3 Å². The lowest BCUT2D eigenvalue weighted by Gasteiger charge is -2.08. The van der Waals surface area contributed by atoms with Crippen molar-refractivity contribution in [3.05, 3.63) is 66.2 Å². The van der Waals surface area contributed by atoms with E-state index in [4.69, 9.17) is 5.73 Å². The predicted molar refractivity (Wildman–Crippen MR) is 101 cm³/mol. The number of fused-ring (bicyclic) bond motifs is 1. The molecule has 0 bridgehead atoms. The molecule has 10 heteroatoms. The van der Waals surface area contributed by atoms with Crippen molar-refractivity contribution < 1.29 is 18.0 Å². The van der Waals surface area contributed by atoms with Crippen LogP contribution in [0.4, 0.5) is 24.7 Å². The number of nitrogens with zero attached hydrogens (tertiary/aromatic N) is 3. The summed E-state index contributed by atoms with van der Waals surface area (Å²) in [5.41, 5.74) is 7.27. The fourth-order valence-corrected chi connectivity index (χ4v) is 2.82. The molecular weight excluding hydrogens is 385 g/mol. The van der Waals surface area contributed by atoms with Crippen LogP contribution in [0.2, 0.25) is 0 Å². The van der Waals surface area contributed by atoms with Gasteiger partial charge < -0.3 is 11.1 Å². The molecule has 0 aliphatic carbocycles. The molecule has 4 rings (SSSR count). The number of nitrogens with two attached hydrogens (primary N) is 1. The maximum absolute atomic E-state index is 12.8. The molecule has 7 nitrogen and oxygen atoms in total. The van der Waals surface area contributed by atoms with Crippen molar-refractivity contribution in [2.24, 2.45) is 0 Å². The van der Waals surface area contributed by atoms with Crippen LogP contribution >= 0.6 is 0 Å². The number of aromatic nitrogens is 4. The molecule has 1 aromatic carbocycles. The molecule has 146 valence electrons. The van der Waals surface area contributed by atoms with E-state index in [1.807, 2.05) is 6.07 Å². The van der Waals surface area contributed by atoms with E-state index in [-0.39, 0.29) is 11.5 Å². The van der Waals surface area contributed by atoms with Gasteiger partial charge in [-0.3, -0.25) is 14.9 Å². The van der Waals surface area contributed by atoms with Crippen LogP contribution in [0.3, 0.4) is 0 Å². The molecule has 4 N–H and O–H groups in total. The number of H-pyrrole nitrogens is 1. The van der Waals surface area contributed by atoms with Gasteiger partial charge >= 0.3 is 6.18 Å². The summed E-state index contributed by atoms with van der Waals surface area (Å²) in [4.78, 5) is 20.1. The minimum absolute atomic E-state index is 0.0259. The van der Waals surface area contributed by atoms with E-state index in [9.17, 15) is 18.0 Å². The smallest absolute Gasteiger partial charge is 0.397 e. The van der Waals surface area contributed by atoms with Crippen molar-refractivity contribution in [2.75, 3.05) is 11.1 Å². The topological polar surface area (TPSA) is 110 Å². The zero-order chi connectivity index (χ0) is 20.6. The first-order valence-electron chi connectivity index (χ1n) is 8.36. The number of rotatable bonds is 3. The number of aromatic amines is 1. The summed E-state index contributed by atoms with van der Waals surface area (Å²) >= 11 is 0. The average molecular weight is 398 g/mol. The molecule has 0 spiro atoms. The van der Waals surface area contributed by atoms with Crippen molar-refractivity contribution in [1.29, 1.82) is 0 Å². The highest BCUT2D eigenvalue weighted by Gasteiger charge is 2.32. The highest BCUT2D eigenvalue weighted by Crippen LogP contribution is 2.29. The Kier molecular flexibility index (Phi) is 4.38. The maximum Gasteiger partial charge on any atom is 0.433 e. The third-order valence-electron chi connectivity index (χ3n) is 4.15. The lowest BCUT2D eigenvalue weighted by molar-refractivity contribution is -0.141. The summed E-state index contributed by atoms with van der Waals surface area (Å²) in [7, 11) is 0. The van der Waals surface area contributed by atoms with Gasteiger partial charge in [0.05, 0.1) is 11.2 Å². The summed E-state index contributed by atoms with van der Waals surface area (Å²) in [6.45, 7) is 0. The molecule has 1 amide bonds. The van der Waals surface area contributed by atoms with Gasteiger partial charge in [0.2, 0.25) is 0 Å². The number of anilines is 2. The summed E-state index contributed by atoms with van der Waals surface area (Å²) in [6, 6.07) is 10.3. The van der Waals surface area contributed by atoms with Crippen molar-refractivity contribution in [1.82, 2.24) is 20.2 Å². The van der Waals surface area contributed by atoms with Crippen molar-refractivity contribution in [3.63, 3.8) is 0 Å². The first-order valence-corrected chi connectivity index (χ1v) is 8.36. The molecule has 0 saturated heterocycles. The standard InChI is InChI=1S/C19H13F3N6O/c20-19(21,22)15-2-1-3-16(25-15)26-18(29)17-13-7-10(4-5-14(13)27-28-17)11-6-12(23)9-24-8-11/h1-9H,23H2,(H,27,28)(H,25,26,29). The molecule has 4 aromatic rings. The number of benzene rings is 1. The molecule has 0 aliphatic rings. The Hall–Kier alpha value is -3.95. The monoisotopic (exact) mass is 398 g/mol. The van der Waals surface area contributed by atoms with Gasteiger partial charge in [0.25, 0.3) is 5.91 Å². The molecule has 3 heterocycles. The van der Waals surface area contributed by atoms with Crippen LogP contribution in [0.1, 0.15) is 16.2 Å². The van der Waals surface area contributed by atoms with E-state index in [0.29, 0.717) is 16.6 Å². The van der Waals surface area contributed by atoms with Gasteiger partial charge in [0, 0.05) is 23.3 Å². The molecule has 0 radical (unpaired) electrons. The normalized spacial score (nSPS) is 11.6. The Bertz CT molecular complexity index is 1220. The average Bonchev–Trinajstić information content (AvgIpc) is 3.11. The van der Waals surface area contributed by atoms with Gasteiger partial charge in [-0.25, -0.2) is 4.98 Å². The second kappa shape index (κ2) is 6.89. The summed E-state index contributed by atoms with van der Waals surface area (Å²) in [5.74, 6) is -0.914. The number of pyridine rings is 2. The fraction of sp³-hybridized carbons (Fsp3) is 0.0526. The second-order valence-electron chi connectivity index (χ2n) is 6.20. The van der Waals surface area contributed by atoms with Crippen molar-refractivity contribution >= 4 is 28.3 Å². The number of amides is 1. The molecule has 0 atom stereocenters. The lowest BCUT2D eigenvalue weighted by Crippen LogP contribution is -2.16. The zero-order valence-corrected chi connectivity index (χ0v) is 14.7. The number of hydrogen-bond acceptors (Lipinski definition) is 5. The molecule has 0 aliphatic heterocycles. The van der Waals surface area contributed by atoms with E-state index in [2.05, 4.69) is 25.5 Å². The quantitative estimate of drug-likeness (QED) is 0.485. The van der Waals surface area contributed by atoms with E-state index in [0.717, 1.165) is 17.2 Å². The Morgan fingerprint density at radius 2 is 1.90 bits per heavy atom. The van der Waals surface area contributed by atoms with Gasteiger partial charge in [-0.05, 0) is 35.9 Å². The Labute approximate surface area is 161 Å². The van der Waals surface area contributed by atoms with E-state index >= 15 is 0 Å². The first-order chi connectivity index (χ1) is 13.8. The molecule has 0 saturated carbocycles. The summed E-state index contributed by atoms with van der Waals surface area (Å²) in [5, 5.41) is 9.56. The van der Waals surface area contributed by atoms with Crippen LogP contribution in [0, 0.1) is 0 Å². The Morgan fingerprint density at radius 3 is 2.66 bits per heavy atom. The minimum atomic E-state index is -4.61. The van der Waals surface area contributed by atoms with Crippen molar-refractivity contribution in [2.45, 2.75) is 6.18 Å². The number of carbonyl (C=O) groups excluding carboxylic acids is 1. The fourth-order valence-electron chi connectivity index (χ4n) is 2.82. The highest BCUT2D eigenvalue weighted by atomic mass is 19.4. The van der Waals surface area contributed by atoms with E-state index < -0.39 is 17.8 Å². The number of halogens is 3. The number of nitrogens with one attached hydrogen (secondary N) is 2. The second-order valence-corrected chi connectivity index (χ2v) is 6.20. The van der Waals surface area contributed by atoms with Gasteiger partial charge in [-0.15, -0.1) is 0 Å². The molecule has 0 fully saturated rings. The van der Waals surface area contributed by atoms with Gasteiger partial charge in [-0.2, -0.15) is 18.3 Å². The van der Waals surface area contributed by atoms with Gasteiger partial charge in [0.15, 0.2) is 5.69 Å². The third-order valence-corrected chi connectivity index (χ3v) is 4.15. The van der Waals surface area contributed by atoms with Crippen LogP contribution in [-0.4, -0.2) is 26.1 Å². The van der Waals surface area contributed by atoms with Crippen LogP contribution in [0.25, 0.3) is 22.0 Å². The minimum Gasteiger partial charge on any atom is -0.397 e.